The minimum atomic E-state index is -0.258. The molecular formula is C23H28ClN3O. The zero-order chi connectivity index (χ0) is 20.1. The minimum Gasteiger partial charge on any atom is -0.344 e. The van der Waals surface area contributed by atoms with Crippen molar-refractivity contribution in [1.82, 2.24) is 14.5 Å². The van der Waals surface area contributed by atoms with Gasteiger partial charge in [0.25, 0.3) is 0 Å². The number of amides is 1. The second-order valence-electron chi connectivity index (χ2n) is 7.22. The summed E-state index contributed by atoms with van der Waals surface area (Å²) in [4.78, 5) is 20.0. The molecule has 0 N–H and O–H groups in total. The van der Waals surface area contributed by atoms with Gasteiger partial charge in [0.15, 0.2) is 0 Å². The number of rotatable bonds is 8. The van der Waals surface area contributed by atoms with E-state index >= 15 is 0 Å². The molecule has 0 saturated carbocycles. The van der Waals surface area contributed by atoms with Crippen molar-refractivity contribution in [3.63, 3.8) is 0 Å². The highest BCUT2D eigenvalue weighted by Gasteiger charge is 2.27. The van der Waals surface area contributed by atoms with Gasteiger partial charge in [0.05, 0.1) is 11.0 Å². The number of nitrogens with zero attached hydrogens (tertiary/aromatic N) is 3. The van der Waals surface area contributed by atoms with E-state index in [9.17, 15) is 4.79 Å². The molecule has 0 fully saturated rings. The fourth-order valence-electron chi connectivity index (χ4n) is 3.72. The Morgan fingerprint density at radius 2 is 1.82 bits per heavy atom. The fraction of sp³-hybridized carbons (Fsp3) is 0.391. The van der Waals surface area contributed by atoms with E-state index in [4.69, 9.17) is 16.6 Å². The molecule has 1 amide bonds. The second kappa shape index (κ2) is 9.24. The Labute approximate surface area is 172 Å². The highest BCUT2D eigenvalue weighted by Crippen LogP contribution is 2.28. The predicted octanol–water partition coefficient (Wildman–Crippen LogP) is 5.49. The Kier molecular flexibility index (Phi) is 6.74. The lowest BCUT2D eigenvalue weighted by atomic mass is 10.1. The van der Waals surface area contributed by atoms with Crippen LogP contribution in [0.3, 0.4) is 0 Å². The first-order valence-corrected chi connectivity index (χ1v) is 10.4. The van der Waals surface area contributed by atoms with E-state index in [-0.39, 0.29) is 11.9 Å². The average molecular weight is 398 g/mol. The number of para-hydroxylation sites is 2. The molecule has 1 atom stereocenters. The molecule has 0 radical (unpaired) electrons. The van der Waals surface area contributed by atoms with Gasteiger partial charge in [-0.25, -0.2) is 4.98 Å². The Hall–Kier alpha value is -2.33. The lowest BCUT2D eigenvalue weighted by Crippen LogP contribution is -2.35. The number of aromatic nitrogens is 2. The van der Waals surface area contributed by atoms with Crippen molar-refractivity contribution in [2.75, 3.05) is 13.6 Å². The first-order chi connectivity index (χ1) is 13.6. The monoisotopic (exact) mass is 397 g/mol. The Morgan fingerprint density at radius 1 is 1.11 bits per heavy atom. The van der Waals surface area contributed by atoms with E-state index in [1.807, 2.05) is 60.5 Å². The average Bonchev–Trinajstić information content (AvgIpc) is 3.05. The van der Waals surface area contributed by atoms with Crippen molar-refractivity contribution in [1.29, 1.82) is 0 Å². The first-order valence-electron chi connectivity index (χ1n) is 10.0. The summed E-state index contributed by atoms with van der Waals surface area (Å²) >= 11 is 6.41. The van der Waals surface area contributed by atoms with E-state index in [1.54, 1.807) is 0 Å². The van der Waals surface area contributed by atoms with Crippen molar-refractivity contribution in [2.45, 2.75) is 45.6 Å². The predicted molar refractivity (Wildman–Crippen MR) is 116 cm³/mol. The summed E-state index contributed by atoms with van der Waals surface area (Å²) in [5.41, 5.74) is 2.93. The number of imidazole rings is 1. The van der Waals surface area contributed by atoms with Crippen LogP contribution in [0.2, 0.25) is 5.02 Å². The third-order valence-corrected chi connectivity index (χ3v) is 5.44. The molecule has 1 aromatic heterocycles. The molecule has 0 aliphatic carbocycles. The summed E-state index contributed by atoms with van der Waals surface area (Å²) in [6.45, 7) is 4.96. The van der Waals surface area contributed by atoms with Crippen molar-refractivity contribution in [2.24, 2.45) is 0 Å². The molecule has 1 heterocycles. The summed E-state index contributed by atoms with van der Waals surface area (Å²) in [6, 6.07) is 15.6. The summed E-state index contributed by atoms with van der Waals surface area (Å²) in [7, 11) is 1.89. The number of carbonyl (C=O) groups excluding carboxylic acids is 1. The van der Waals surface area contributed by atoms with Crippen LogP contribution in [0, 0.1) is 0 Å². The summed E-state index contributed by atoms with van der Waals surface area (Å²) in [6.07, 6.45) is 3.24. The zero-order valence-electron chi connectivity index (χ0n) is 16.9. The summed E-state index contributed by atoms with van der Waals surface area (Å²) in [5.74, 6) is 1.03. The number of hydrogen-bond donors (Lipinski definition) is 0. The van der Waals surface area contributed by atoms with Gasteiger partial charge < -0.3 is 9.47 Å². The molecule has 5 heteroatoms. The minimum absolute atomic E-state index is 0.146. The Morgan fingerprint density at radius 3 is 2.54 bits per heavy atom. The van der Waals surface area contributed by atoms with Gasteiger partial charge in [-0.05, 0) is 36.6 Å². The van der Waals surface area contributed by atoms with Gasteiger partial charge >= 0.3 is 0 Å². The highest BCUT2D eigenvalue weighted by atomic mass is 35.5. The van der Waals surface area contributed by atoms with Gasteiger partial charge in [-0.2, -0.15) is 0 Å². The van der Waals surface area contributed by atoms with Crippen LogP contribution >= 0.6 is 11.6 Å². The Balaban J connectivity index is 2.10. The number of halogens is 1. The van der Waals surface area contributed by atoms with Crippen LogP contribution in [0.1, 0.15) is 50.5 Å². The number of likely N-dealkylation sites (N-methyl/N-ethyl adjacent to an activating group) is 1. The molecule has 0 aliphatic rings. The molecular weight excluding hydrogens is 370 g/mol. The van der Waals surface area contributed by atoms with Gasteiger partial charge in [0, 0.05) is 25.0 Å². The van der Waals surface area contributed by atoms with Gasteiger partial charge in [-0.3, -0.25) is 4.79 Å². The molecule has 1 unspecified atom stereocenters. The summed E-state index contributed by atoms with van der Waals surface area (Å²) in [5, 5.41) is 0.725. The molecule has 4 nitrogen and oxygen atoms in total. The van der Waals surface area contributed by atoms with E-state index < -0.39 is 0 Å². The van der Waals surface area contributed by atoms with Crippen LogP contribution in [0.25, 0.3) is 11.0 Å². The third kappa shape index (κ3) is 4.22. The molecule has 0 spiro atoms. The molecule has 0 bridgehead atoms. The van der Waals surface area contributed by atoms with Gasteiger partial charge in [0.1, 0.15) is 11.9 Å². The Bertz CT molecular complexity index is 950. The second-order valence-corrected chi connectivity index (χ2v) is 7.63. The van der Waals surface area contributed by atoms with Crippen LogP contribution in [0.5, 0.6) is 0 Å². The molecule has 28 heavy (non-hydrogen) atoms. The SMILES string of the molecule is CCCC(C(=O)N(C)CCC)n1c(Cc2ccccc2Cl)nc2ccccc21. The van der Waals surface area contributed by atoms with Crippen molar-refractivity contribution < 1.29 is 4.79 Å². The molecule has 3 aromatic rings. The zero-order valence-corrected chi connectivity index (χ0v) is 17.6. The van der Waals surface area contributed by atoms with E-state index in [1.165, 1.54) is 0 Å². The molecule has 0 aliphatic heterocycles. The number of benzene rings is 2. The maximum absolute atomic E-state index is 13.3. The lowest BCUT2D eigenvalue weighted by molar-refractivity contribution is -0.133. The van der Waals surface area contributed by atoms with Crippen LogP contribution in [0.15, 0.2) is 48.5 Å². The number of carbonyl (C=O) groups is 1. The van der Waals surface area contributed by atoms with Crippen LogP contribution in [-0.4, -0.2) is 34.0 Å². The van der Waals surface area contributed by atoms with Gasteiger partial charge in [-0.1, -0.05) is 62.2 Å². The normalized spacial score (nSPS) is 12.3. The van der Waals surface area contributed by atoms with Crippen LogP contribution < -0.4 is 0 Å². The summed E-state index contributed by atoms with van der Waals surface area (Å²) < 4.78 is 2.14. The number of hydrogen-bond acceptors (Lipinski definition) is 2. The van der Waals surface area contributed by atoms with Crippen molar-refractivity contribution in [3.05, 3.63) is 64.9 Å². The van der Waals surface area contributed by atoms with E-state index in [0.29, 0.717) is 6.42 Å². The largest absolute Gasteiger partial charge is 0.344 e. The molecule has 2 aromatic carbocycles. The van der Waals surface area contributed by atoms with Gasteiger partial charge in [-0.15, -0.1) is 0 Å². The lowest BCUT2D eigenvalue weighted by Gasteiger charge is -2.26. The molecule has 3 rings (SSSR count). The maximum Gasteiger partial charge on any atom is 0.245 e. The maximum atomic E-state index is 13.3. The quantitative estimate of drug-likeness (QED) is 0.504. The smallest absolute Gasteiger partial charge is 0.245 e. The fourth-order valence-corrected chi connectivity index (χ4v) is 3.92. The molecule has 0 saturated heterocycles. The van der Waals surface area contributed by atoms with Crippen LogP contribution in [0.4, 0.5) is 0 Å². The first kappa shape index (κ1) is 20.4. The topological polar surface area (TPSA) is 38.1 Å². The van der Waals surface area contributed by atoms with E-state index in [2.05, 4.69) is 18.4 Å². The van der Waals surface area contributed by atoms with E-state index in [0.717, 1.165) is 53.3 Å². The highest BCUT2D eigenvalue weighted by molar-refractivity contribution is 6.31. The number of fused-ring (bicyclic) bond motifs is 1. The van der Waals surface area contributed by atoms with Crippen LogP contribution in [-0.2, 0) is 11.2 Å². The van der Waals surface area contributed by atoms with Gasteiger partial charge in [0.2, 0.25) is 5.91 Å². The standard InChI is InChI=1S/C23H28ClN3O/c1-4-10-21(23(28)26(3)15-5-2)27-20-14-9-8-13-19(20)25-22(27)16-17-11-6-7-12-18(17)24/h6-9,11-14,21H,4-5,10,15-16H2,1-3H3. The molecule has 148 valence electrons. The van der Waals surface area contributed by atoms with Crippen molar-refractivity contribution >= 4 is 28.5 Å². The third-order valence-electron chi connectivity index (χ3n) is 5.07. The van der Waals surface area contributed by atoms with Crippen molar-refractivity contribution in [3.8, 4) is 0 Å².